The third kappa shape index (κ3) is 7.12. The zero-order chi connectivity index (χ0) is 45.9. The van der Waals surface area contributed by atoms with Crippen LogP contribution in [0.4, 0.5) is 11.4 Å². The molecule has 69 heavy (non-hydrogen) atoms. The summed E-state index contributed by atoms with van der Waals surface area (Å²) in [5, 5.41) is 10.2. The number of fused-ring (bicyclic) bond motifs is 7. The Balaban J connectivity index is 0.851. The topological polar surface area (TPSA) is 8.17 Å². The van der Waals surface area contributed by atoms with Crippen LogP contribution in [0.25, 0.3) is 93.2 Å². The van der Waals surface area contributed by atoms with Crippen LogP contribution in [0.5, 0.6) is 0 Å². The first-order valence-corrected chi connectivity index (χ1v) is 24.0. The Hall–Kier alpha value is -8.72. The van der Waals surface area contributed by atoms with Gasteiger partial charge in [0.15, 0.2) is 0 Å². The summed E-state index contributed by atoms with van der Waals surface area (Å²) in [6, 6.07) is 88.9. The third-order valence-electron chi connectivity index (χ3n) is 14.6. The number of benzene rings is 11. The first-order chi connectivity index (χ1) is 34.0. The Morgan fingerprint density at radius 3 is 1.62 bits per heavy atom. The highest BCUT2D eigenvalue weighted by atomic mass is 15.1. The summed E-state index contributed by atoms with van der Waals surface area (Å²) in [4.78, 5) is 2.42. The van der Waals surface area contributed by atoms with Crippen molar-refractivity contribution in [3.05, 3.63) is 272 Å². The molecule has 13 rings (SSSR count). The summed E-state index contributed by atoms with van der Waals surface area (Å²) in [6.07, 6.45) is 8.08. The van der Waals surface area contributed by atoms with Gasteiger partial charge in [-0.2, -0.15) is 0 Å². The molecule has 326 valence electrons. The van der Waals surface area contributed by atoms with E-state index in [9.17, 15) is 0 Å². The second-order valence-corrected chi connectivity index (χ2v) is 18.8. The SMILES string of the molecule is CC1(c2cccc3c2ccc2ccccc23)C=CC(N(c2ccc(-c3ccc(-c4ccc5ccccc5c4)cc3)cc2)c2ccc(-c3ccc4c(c3)c3ccccc3n4-c3ccccc3)cc2)=CC1. The van der Waals surface area contributed by atoms with Gasteiger partial charge in [0.2, 0.25) is 0 Å². The first kappa shape index (κ1) is 40.5. The maximum absolute atomic E-state index is 2.43. The Labute approximate surface area is 403 Å². The van der Waals surface area contributed by atoms with E-state index >= 15 is 0 Å². The van der Waals surface area contributed by atoms with Gasteiger partial charge in [0.05, 0.1) is 11.0 Å². The first-order valence-electron chi connectivity index (χ1n) is 24.0. The molecule has 0 spiro atoms. The normalized spacial score (nSPS) is 14.8. The molecule has 0 N–H and O–H groups in total. The zero-order valence-corrected chi connectivity index (χ0v) is 38.4. The number of nitrogens with zero attached hydrogens (tertiary/aromatic N) is 2. The van der Waals surface area contributed by atoms with Crippen LogP contribution >= 0.6 is 0 Å². The van der Waals surface area contributed by atoms with Crippen LogP contribution in [-0.4, -0.2) is 4.57 Å². The molecule has 1 heterocycles. The van der Waals surface area contributed by atoms with Crippen molar-refractivity contribution >= 4 is 65.5 Å². The lowest BCUT2D eigenvalue weighted by molar-refractivity contribution is 0.601. The molecule has 1 aliphatic carbocycles. The van der Waals surface area contributed by atoms with E-state index in [1.54, 1.807) is 0 Å². The van der Waals surface area contributed by atoms with E-state index in [0.29, 0.717) is 0 Å². The molecule has 0 saturated carbocycles. The van der Waals surface area contributed by atoms with Gasteiger partial charge in [-0.15, -0.1) is 0 Å². The van der Waals surface area contributed by atoms with Crippen molar-refractivity contribution in [2.24, 2.45) is 0 Å². The van der Waals surface area contributed by atoms with E-state index in [-0.39, 0.29) is 5.41 Å². The van der Waals surface area contributed by atoms with E-state index in [2.05, 4.69) is 277 Å². The molecule has 0 radical (unpaired) electrons. The standard InChI is InChI=1S/C67H48N2/c1-67(64-20-11-19-60-59-17-8-7-13-51(59)32-38-61(60)64)42-40-58(41-43-67)68(56-34-28-48(29-35-56)47-22-24-49(25-23-47)53-27-26-46-12-5-6-14-52(46)44-53)57-36-30-50(31-37-57)54-33-39-66-63(45-54)62-18-9-10-21-65(62)69(66)55-15-3-2-4-16-55/h2-42,44-45H,43H2,1H3. The predicted octanol–water partition coefficient (Wildman–Crippen LogP) is 18.2. The maximum Gasteiger partial charge on any atom is 0.0541 e. The molecule has 0 amide bonds. The number of aromatic nitrogens is 1. The highest BCUT2D eigenvalue weighted by molar-refractivity contribution is 6.11. The summed E-state index contributed by atoms with van der Waals surface area (Å²) < 4.78 is 2.38. The van der Waals surface area contributed by atoms with Crippen molar-refractivity contribution in [2.75, 3.05) is 4.90 Å². The Morgan fingerprint density at radius 1 is 0.377 bits per heavy atom. The van der Waals surface area contributed by atoms with Gasteiger partial charge in [0.1, 0.15) is 0 Å². The molecule has 2 nitrogen and oxygen atoms in total. The molecule has 0 saturated heterocycles. The quantitative estimate of drug-likeness (QED) is 0.138. The van der Waals surface area contributed by atoms with Gasteiger partial charge in [-0.3, -0.25) is 0 Å². The van der Waals surface area contributed by atoms with Crippen molar-refractivity contribution in [2.45, 2.75) is 18.8 Å². The molecule has 1 unspecified atom stereocenters. The molecule has 0 bridgehead atoms. The number of allylic oxidation sites excluding steroid dienone is 3. The van der Waals surface area contributed by atoms with Crippen LogP contribution in [0.1, 0.15) is 18.9 Å². The van der Waals surface area contributed by atoms with Crippen molar-refractivity contribution in [3.8, 4) is 39.1 Å². The number of hydrogen-bond acceptors (Lipinski definition) is 1. The molecule has 0 aliphatic heterocycles. The molecule has 0 fully saturated rings. The van der Waals surface area contributed by atoms with E-state index in [1.807, 2.05) is 0 Å². The maximum atomic E-state index is 2.43. The summed E-state index contributed by atoms with van der Waals surface area (Å²) in [5.41, 5.74) is 15.4. The molecule has 2 heteroatoms. The number of anilines is 2. The smallest absolute Gasteiger partial charge is 0.0541 e. The van der Waals surface area contributed by atoms with E-state index in [4.69, 9.17) is 0 Å². The summed E-state index contributed by atoms with van der Waals surface area (Å²) >= 11 is 0. The predicted molar refractivity (Wildman–Crippen MR) is 294 cm³/mol. The minimum atomic E-state index is -0.174. The molecule has 11 aromatic carbocycles. The van der Waals surface area contributed by atoms with Crippen LogP contribution < -0.4 is 4.90 Å². The Kier molecular flexibility index (Phi) is 9.73. The van der Waals surface area contributed by atoms with E-state index < -0.39 is 0 Å². The van der Waals surface area contributed by atoms with Crippen molar-refractivity contribution in [1.29, 1.82) is 0 Å². The van der Waals surface area contributed by atoms with Gasteiger partial charge in [-0.25, -0.2) is 0 Å². The third-order valence-corrected chi connectivity index (χ3v) is 14.6. The largest absolute Gasteiger partial charge is 0.311 e. The number of para-hydroxylation sites is 2. The van der Waals surface area contributed by atoms with Crippen LogP contribution in [-0.2, 0) is 5.41 Å². The highest BCUT2D eigenvalue weighted by Crippen LogP contribution is 2.43. The second-order valence-electron chi connectivity index (χ2n) is 18.8. The lowest BCUT2D eigenvalue weighted by Crippen LogP contribution is -2.24. The molecular formula is C67H48N2. The fourth-order valence-electron chi connectivity index (χ4n) is 10.9. The second kappa shape index (κ2) is 16.6. The number of hydrogen-bond donors (Lipinski definition) is 0. The van der Waals surface area contributed by atoms with Crippen molar-refractivity contribution < 1.29 is 0 Å². The van der Waals surface area contributed by atoms with Crippen LogP contribution in [0.15, 0.2) is 267 Å². The summed E-state index contributed by atoms with van der Waals surface area (Å²) in [7, 11) is 0. The van der Waals surface area contributed by atoms with Gasteiger partial charge in [-0.1, -0.05) is 201 Å². The highest BCUT2D eigenvalue weighted by Gasteiger charge is 2.29. The molecule has 1 atom stereocenters. The van der Waals surface area contributed by atoms with Crippen LogP contribution in [0.2, 0.25) is 0 Å². The van der Waals surface area contributed by atoms with Crippen LogP contribution in [0.3, 0.4) is 0 Å². The zero-order valence-electron chi connectivity index (χ0n) is 38.4. The minimum Gasteiger partial charge on any atom is -0.311 e. The fraction of sp³-hybridized carbons (Fsp3) is 0.0448. The monoisotopic (exact) mass is 880 g/mol. The van der Waals surface area contributed by atoms with E-state index in [1.165, 1.54) is 98.8 Å². The van der Waals surface area contributed by atoms with Crippen molar-refractivity contribution in [1.82, 2.24) is 4.57 Å². The summed E-state index contributed by atoms with van der Waals surface area (Å²) in [5.74, 6) is 0. The average Bonchev–Trinajstić information content (AvgIpc) is 3.75. The van der Waals surface area contributed by atoms with Crippen LogP contribution in [0, 0.1) is 0 Å². The average molecular weight is 881 g/mol. The fourth-order valence-corrected chi connectivity index (χ4v) is 10.9. The van der Waals surface area contributed by atoms with E-state index in [0.717, 1.165) is 23.5 Å². The minimum absolute atomic E-state index is 0.174. The van der Waals surface area contributed by atoms with Gasteiger partial charge in [-0.05, 0) is 144 Å². The lowest BCUT2D eigenvalue weighted by atomic mass is 9.74. The van der Waals surface area contributed by atoms with Gasteiger partial charge in [0, 0.05) is 38.9 Å². The Bertz CT molecular complexity index is 3970. The lowest BCUT2D eigenvalue weighted by Gasteiger charge is -2.34. The summed E-state index contributed by atoms with van der Waals surface area (Å²) in [6.45, 7) is 2.38. The molecular weight excluding hydrogens is 833 g/mol. The molecule has 1 aromatic heterocycles. The molecule has 12 aromatic rings. The van der Waals surface area contributed by atoms with Gasteiger partial charge >= 0.3 is 0 Å². The molecule has 1 aliphatic rings. The Morgan fingerprint density at radius 2 is 0.913 bits per heavy atom. The number of rotatable bonds is 8. The van der Waals surface area contributed by atoms with Gasteiger partial charge < -0.3 is 9.47 Å². The van der Waals surface area contributed by atoms with Gasteiger partial charge in [0.25, 0.3) is 0 Å². The van der Waals surface area contributed by atoms with Crippen molar-refractivity contribution in [3.63, 3.8) is 0 Å².